The summed E-state index contributed by atoms with van der Waals surface area (Å²) < 4.78 is 2.17. The topological polar surface area (TPSA) is 59.8 Å². The molecule has 0 aliphatic carbocycles. The summed E-state index contributed by atoms with van der Waals surface area (Å²) in [5.41, 5.74) is 5.81. The molecule has 0 unspecified atom stereocenters. The summed E-state index contributed by atoms with van der Waals surface area (Å²) in [6, 6.07) is 27.4. The van der Waals surface area contributed by atoms with Crippen molar-refractivity contribution in [2.75, 3.05) is 0 Å². The van der Waals surface area contributed by atoms with E-state index in [1.54, 1.807) is 18.0 Å². The van der Waals surface area contributed by atoms with Crippen LogP contribution in [0.1, 0.15) is 40.0 Å². The molecule has 0 saturated heterocycles. The van der Waals surface area contributed by atoms with Crippen molar-refractivity contribution in [1.82, 2.24) is 19.9 Å². The van der Waals surface area contributed by atoms with Gasteiger partial charge in [-0.15, -0.1) is 0 Å². The van der Waals surface area contributed by atoms with E-state index in [0.29, 0.717) is 12.1 Å². The molecule has 3 aromatic carbocycles. The van der Waals surface area contributed by atoms with Crippen molar-refractivity contribution >= 4 is 40.3 Å². The first-order valence-electron chi connectivity index (χ1n) is 11.7. The molecule has 0 aliphatic heterocycles. The van der Waals surface area contributed by atoms with Crippen molar-refractivity contribution in [3.05, 3.63) is 125 Å². The maximum atomic E-state index is 12.8. The maximum Gasteiger partial charge on any atom is 0.251 e. The van der Waals surface area contributed by atoms with Crippen LogP contribution in [0.2, 0.25) is 5.02 Å². The van der Waals surface area contributed by atoms with Crippen LogP contribution >= 0.6 is 23.4 Å². The van der Waals surface area contributed by atoms with E-state index in [2.05, 4.69) is 20.9 Å². The number of amides is 1. The monoisotopic (exact) mass is 512 g/mol. The lowest BCUT2D eigenvalue weighted by Crippen LogP contribution is -2.26. The van der Waals surface area contributed by atoms with Gasteiger partial charge >= 0.3 is 0 Å². The molecule has 5 nitrogen and oxygen atoms in total. The lowest BCUT2D eigenvalue weighted by atomic mass is 10.1. The average molecular weight is 513 g/mol. The van der Waals surface area contributed by atoms with Gasteiger partial charge in [-0.05, 0) is 53.9 Å². The van der Waals surface area contributed by atoms with E-state index in [-0.39, 0.29) is 11.9 Å². The first kappa shape index (κ1) is 24.1. The number of rotatable bonds is 8. The van der Waals surface area contributed by atoms with Crippen molar-refractivity contribution in [3.8, 4) is 0 Å². The molecule has 0 radical (unpaired) electrons. The second-order valence-electron chi connectivity index (χ2n) is 8.57. The van der Waals surface area contributed by atoms with Crippen LogP contribution in [0.5, 0.6) is 0 Å². The number of hydrogen-bond donors (Lipinski definition) is 1. The van der Waals surface area contributed by atoms with Crippen LogP contribution < -0.4 is 5.32 Å². The molecule has 2 aromatic heterocycles. The molecule has 0 aliphatic rings. The van der Waals surface area contributed by atoms with E-state index in [4.69, 9.17) is 16.6 Å². The normalized spacial score (nSPS) is 11.9. The van der Waals surface area contributed by atoms with Crippen LogP contribution in [0.4, 0.5) is 0 Å². The molecule has 5 aromatic rings. The Morgan fingerprint density at radius 3 is 2.58 bits per heavy atom. The number of nitrogens with one attached hydrogen (secondary N) is 1. The fourth-order valence-corrected chi connectivity index (χ4v) is 5.20. The van der Waals surface area contributed by atoms with Crippen molar-refractivity contribution < 1.29 is 4.79 Å². The van der Waals surface area contributed by atoms with Gasteiger partial charge < -0.3 is 9.88 Å². The summed E-state index contributed by atoms with van der Waals surface area (Å²) in [5.74, 6) is 0.670. The van der Waals surface area contributed by atoms with E-state index in [0.717, 1.165) is 43.7 Å². The minimum absolute atomic E-state index is 0.0673. The number of pyridine rings is 1. The predicted molar refractivity (Wildman–Crippen MR) is 146 cm³/mol. The molecule has 36 heavy (non-hydrogen) atoms. The Morgan fingerprint density at radius 2 is 1.81 bits per heavy atom. The Labute approximate surface area is 219 Å². The van der Waals surface area contributed by atoms with Crippen molar-refractivity contribution in [2.24, 2.45) is 0 Å². The maximum absolute atomic E-state index is 12.8. The SMILES string of the molecule is C[C@@H](NC(=O)c1ccc(Cn2c(SCc3cccc(Cl)c3)nc3ccncc32)cc1)c1ccccc1. The van der Waals surface area contributed by atoms with Gasteiger partial charge in [-0.3, -0.25) is 9.78 Å². The van der Waals surface area contributed by atoms with Gasteiger partial charge in [-0.2, -0.15) is 0 Å². The third-order valence-corrected chi connectivity index (χ3v) is 7.26. The molecule has 1 atom stereocenters. The average Bonchev–Trinajstić information content (AvgIpc) is 3.25. The first-order valence-corrected chi connectivity index (χ1v) is 13.1. The Morgan fingerprint density at radius 1 is 1.00 bits per heavy atom. The fraction of sp³-hybridized carbons (Fsp3) is 0.138. The highest BCUT2D eigenvalue weighted by molar-refractivity contribution is 7.98. The molecule has 1 N–H and O–H groups in total. The van der Waals surface area contributed by atoms with Gasteiger partial charge in [0.25, 0.3) is 5.91 Å². The molecule has 7 heteroatoms. The van der Waals surface area contributed by atoms with Crippen molar-refractivity contribution in [3.63, 3.8) is 0 Å². The molecule has 0 fully saturated rings. The van der Waals surface area contributed by atoms with E-state index < -0.39 is 0 Å². The summed E-state index contributed by atoms with van der Waals surface area (Å²) in [4.78, 5) is 21.9. The van der Waals surface area contributed by atoms with E-state index in [1.807, 2.05) is 92.0 Å². The van der Waals surface area contributed by atoms with Gasteiger partial charge in [0.05, 0.1) is 29.8 Å². The summed E-state index contributed by atoms with van der Waals surface area (Å²) in [6.07, 6.45) is 3.60. The van der Waals surface area contributed by atoms with E-state index in [9.17, 15) is 4.79 Å². The minimum Gasteiger partial charge on any atom is -0.346 e. The van der Waals surface area contributed by atoms with Crippen LogP contribution in [0.3, 0.4) is 0 Å². The molecular weight excluding hydrogens is 488 g/mol. The van der Waals surface area contributed by atoms with E-state index in [1.165, 1.54) is 0 Å². The minimum atomic E-state index is -0.0899. The van der Waals surface area contributed by atoms with E-state index >= 15 is 0 Å². The predicted octanol–water partition coefficient (Wildman–Crippen LogP) is 6.92. The first-order chi connectivity index (χ1) is 17.6. The molecule has 0 spiro atoms. The lowest BCUT2D eigenvalue weighted by Gasteiger charge is -2.14. The molecule has 0 bridgehead atoms. The second kappa shape index (κ2) is 11.0. The van der Waals surface area contributed by atoms with Crippen LogP contribution in [0, 0.1) is 0 Å². The standard InChI is InChI=1S/C29H25ClN4OS/c1-20(23-7-3-2-4-8-23)32-28(35)24-12-10-21(11-13-24)18-34-27-17-31-15-14-26(27)33-29(34)36-19-22-6-5-9-25(30)16-22/h2-17,20H,18-19H2,1H3,(H,32,35)/t20-/m1/s1. The Hall–Kier alpha value is -3.61. The second-order valence-corrected chi connectivity index (χ2v) is 9.95. The lowest BCUT2D eigenvalue weighted by molar-refractivity contribution is 0.0940. The van der Waals surface area contributed by atoms with Crippen molar-refractivity contribution in [2.45, 2.75) is 30.4 Å². The summed E-state index contributed by atoms with van der Waals surface area (Å²) in [5, 5.41) is 4.72. The number of thioether (sulfide) groups is 1. The van der Waals surface area contributed by atoms with Gasteiger partial charge in [0.15, 0.2) is 5.16 Å². The highest BCUT2D eigenvalue weighted by atomic mass is 35.5. The summed E-state index contributed by atoms with van der Waals surface area (Å²) >= 11 is 7.82. The third-order valence-electron chi connectivity index (χ3n) is 5.98. The zero-order valence-electron chi connectivity index (χ0n) is 19.8. The number of benzene rings is 3. The number of aromatic nitrogens is 3. The van der Waals surface area contributed by atoms with Gasteiger partial charge in [0, 0.05) is 22.5 Å². The molecule has 2 heterocycles. The highest BCUT2D eigenvalue weighted by Gasteiger charge is 2.14. The number of carbonyl (C=O) groups is 1. The van der Waals surface area contributed by atoms with Gasteiger partial charge in [-0.1, -0.05) is 78.0 Å². The van der Waals surface area contributed by atoms with Crippen LogP contribution in [0.25, 0.3) is 11.0 Å². The fourth-order valence-electron chi connectivity index (χ4n) is 4.03. The number of halogens is 1. The van der Waals surface area contributed by atoms with Gasteiger partial charge in [-0.25, -0.2) is 4.98 Å². The molecule has 0 saturated carbocycles. The number of carbonyl (C=O) groups excluding carboxylic acids is 1. The highest BCUT2D eigenvalue weighted by Crippen LogP contribution is 2.28. The van der Waals surface area contributed by atoms with Crippen LogP contribution in [-0.2, 0) is 12.3 Å². The van der Waals surface area contributed by atoms with Crippen molar-refractivity contribution in [1.29, 1.82) is 0 Å². The quantitative estimate of drug-likeness (QED) is 0.229. The number of fused-ring (bicyclic) bond motifs is 1. The molecule has 5 rings (SSSR count). The Bertz CT molecular complexity index is 1480. The number of imidazole rings is 1. The molecule has 1 amide bonds. The van der Waals surface area contributed by atoms with Crippen LogP contribution in [0.15, 0.2) is 102 Å². The zero-order valence-corrected chi connectivity index (χ0v) is 21.3. The van der Waals surface area contributed by atoms with Crippen LogP contribution in [-0.4, -0.2) is 20.4 Å². The molecule has 180 valence electrons. The molecular formula is C29H25ClN4OS. The van der Waals surface area contributed by atoms with Gasteiger partial charge in [0.1, 0.15) is 0 Å². The Balaban J connectivity index is 1.32. The largest absolute Gasteiger partial charge is 0.346 e. The summed E-state index contributed by atoms with van der Waals surface area (Å²) in [7, 11) is 0. The zero-order chi connectivity index (χ0) is 24.9. The number of nitrogens with zero attached hydrogens (tertiary/aromatic N) is 3. The summed E-state index contributed by atoms with van der Waals surface area (Å²) in [6.45, 7) is 2.62. The Kier molecular flexibility index (Phi) is 7.35. The third kappa shape index (κ3) is 5.61. The number of hydrogen-bond acceptors (Lipinski definition) is 4. The smallest absolute Gasteiger partial charge is 0.251 e. The van der Waals surface area contributed by atoms with Gasteiger partial charge in [0.2, 0.25) is 0 Å².